The predicted molar refractivity (Wildman–Crippen MR) is 130 cm³/mol. The molecule has 36 heavy (non-hydrogen) atoms. The molecule has 1 aliphatic carbocycles. The van der Waals surface area contributed by atoms with Gasteiger partial charge in [-0.15, -0.1) is 5.10 Å². The van der Waals surface area contributed by atoms with Crippen molar-refractivity contribution in [1.82, 2.24) is 30.3 Å². The highest BCUT2D eigenvalue weighted by Crippen LogP contribution is 2.39. The van der Waals surface area contributed by atoms with Gasteiger partial charge in [0, 0.05) is 48.0 Å². The van der Waals surface area contributed by atoms with Gasteiger partial charge in [0.25, 0.3) is 5.91 Å². The monoisotopic (exact) mass is 505 g/mol. The lowest BCUT2D eigenvalue weighted by atomic mass is 9.74. The Balaban J connectivity index is 1.18. The molecule has 184 valence electrons. The summed E-state index contributed by atoms with van der Waals surface area (Å²) in [5.41, 5.74) is 8.33. The average molecular weight is 506 g/mol. The van der Waals surface area contributed by atoms with Crippen molar-refractivity contribution in [1.29, 1.82) is 5.26 Å². The molecule has 0 spiro atoms. The number of rotatable bonds is 6. The number of nitrogens with zero attached hydrogens (tertiary/aromatic N) is 7. The van der Waals surface area contributed by atoms with Crippen LogP contribution >= 0.6 is 11.6 Å². The Morgan fingerprint density at radius 1 is 1.31 bits per heavy atom. The summed E-state index contributed by atoms with van der Waals surface area (Å²) >= 11 is 6.10. The SMILES string of the molecule is CC(c1cnc(N2CC(N)CC2=O)nc1)n1cc(C(=O)NC2CC(c3cc(Cl)ccc3C#N)C2)nn1. The number of hydrogen-bond acceptors (Lipinski definition) is 8. The van der Waals surface area contributed by atoms with Crippen molar-refractivity contribution >= 4 is 29.4 Å². The molecular formula is C24H24ClN9O2. The number of hydrogen-bond donors (Lipinski definition) is 2. The highest BCUT2D eigenvalue weighted by atomic mass is 35.5. The molecule has 0 bridgehead atoms. The van der Waals surface area contributed by atoms with E-state index in [-0.39, 0.29) is 48.0 Å². The molecule has 5 rings (SSSR count). The minimum atomic E-state index is -0.306. The summed E-state index contributed by atoms with van der Waals surface area (Å²) in [5.74, 6) is 0.0972. The minimum Gasteiger partial charge on any atom is -0.348 e. The normalized spacial score (nSPS) is 22.1. The van der Waals surface area contributed by atoms with E-state index in [1.54, 1.807) is 35.4 Å². The molecule has 2 aromatic heterocycles. The molecule has 0 radical (unpaired) electrons. The molecule has 2 fully saturated rings. The molecule has 1 aliphatic heterocycles. The van der Waals surface area contributed by atoms with Crippen LogP contribution in [0.2, 0.25) is 5.02 Å². The first-order chi connectivity index (χ1) is 17.3. The van der Waals surface area contributed by atoms with Crippen molar-refractivity contribution in [3.05, 3.63) is 64.2 Å². The van der Waals surface area contributed by atoms with E-state index in [0.717, 1.165) is 24.0 Å². The Morgan fingerprint density at radius 3 is 2.72 bits per heavy atom. The summed E-state index contributed by atoms with van der Waals surface area (Å²) in [6.45, 7) is 2.29. The highest BCUT2D eigenvalue weighted by Gasteiger charge is 2.34. The zero-order valence-electron chi connectivity index (χ0n) is 19.5. The third-order valence-corrected chi connectivity index (χ3v) is 6.96. The third-order valence-electron chi connectivity index (χ3n) is 6.72. The van der Waals surface area contributed by atoms with Gasteiger partial charge in [0.1, 0.15) is 0 Å². The number of nitriles is 1. The van der Waals surface area contributed by atoms with Crippen LogP contribution in [0, 0.1) is 11.3 Å². The number of benzene rings is 1. The third kappa shape index (κ3) is 4.65. The molecule has 3 aromatic rings. The van der Waals surface area contributed by atoms with Gasteiger partial charge in [-0.3, -0.25) is 14.5 Å². The summed E-state index contributed by atoms with van der Waals surface area (Å²) < 4.78 is 1.57. The van der Waals surface area contributed by atoms with Crippen molar-refractivity contribution in [3.8, 4) is 6.07 Å². The molecule has 2 atom stereocenters. The summed E-state index contributed by atoms with van der Waals surface area (Å²) in [4.78, 5) is 34.8. The number of nitrogens with one attached hydrogen (secondary N) is 1. The topological polar surface area (TPSA) is 156 Å². The smallest absolute Gasteiger partial charge is 0.273 e. The lowest BCUT2D eigenvalue weighted by Crippen LogP contribution is -2.43. The van der Waals surface area contributed by atoms with Gasteiger partial charge in [0.05, 0.1) is 23.9 Å². The Bertz CT molecular complexity index is 1340. The summed E-state index contributed by atoms with van der Waals surface area (Å²) in [5, 5.41) is 21.0. The van der Waals surface area contributed by atoms with Crippen molar-refractivity contribution in [3.63, 3.8) is 0 Å². The van der Waals surface area contributed by atoms with Gasteiger partial charge in [-0.1, -0.05) is 16.8 Å². The van der Waals surface area contributed by atoms with Crippen LogP contribution in [0.1, 0.15) is 65.3 Å². The van der Waals surface area contributed by atoms with Crippen molar-refractivity contribution < 1.29 is 9.59 Å². The molecule has 1 aromatic carbocycles. The summed E-state index contributed by atoms with van der Waals surface area (Å²) in [6.07, 6.45) is 6.57. The second-order valence-corrected chi connectivity index (χ2v) is 9.66. The van der Waals surface area contributed by atoms with Crippen LogP contribution in [0.15, 0.2) is 36.8 Å². The molecule has 2 amide bonds. The number of halogens is 1. The fraction of sp³-hybridized carbons (Fsp3) is 0.375. The Labute approximate surface area is 212 Å². The number of aromatic nitrogens is 5. The van der Waals surface area contributed by atoms with Gasteiger partial charge < -0.3 is 11.1 Å². The van der Waals surface area contributed by atoms with Gasteiger partial charge in [-0.25, -0.2) is 14.6 Å². The Kier molecular flexibility index (Phi) is 6.38. The minimum absolute atomic E-state index is 0.0158. The Hall–Kier alpha value is -3.88. The van der Waals surface area contributed by atoms with Crippen molar-refractivity contribution in [2.75, 3.05) is 11.4 Å². The van der Waals surface area contributed by atoms with Gasteiger partial charge in [0.2, 0.25) is 11.9 Å². The van der Waals surface area contributed by atoms with E-state index in [1.807, 2.05) is 13.0 Å². The van der Waals surface area contributed by atoms with Crippen LogP contribution in [0.5, 0.6) is 0 Å². The van der Waals surface area contributed by atoms with E-state index in [4.69, 9.17) is 17.3 Å². The highest BCUT2D eigenvalue weighted by molar-refractivity contribution is 6.30. The van der Waals surface area contributed by atoms with Crippen molar-refractivity contribution in [2.45, 2.75) is 50.2 Å². The molecule has 3 N–H and O–H groups in total. The molecule has 1 saturated heterocycles. The number of nitrogens with two attached hydrogens (primary N) is 1. The zero-order chi connectivity index (χ0) is 25.4. The largest absolute Gasteiger partial charge is 0.348 e. The first-order valence-electron chi connectivity index (χ1n) is 11.6. The van der Waals surface area contributed by atoms with Crippen LogP contribution in [0.4, 0.5) is 5.95 Å². The van der Waals surface area contributed by atoms with E-state index in [0.29, 0.717) is 23.1 Å². The lowest BCUT2D eigenvalue weighted by Gasteiger charge is -2.36. The van der Waals surface area contributed by atoms with Gasteiger partial charge in [0.15, 0.2) is 5.69 Å². The Morgan fingerprint density at radius 2 is 2.06 bits per heavy atom. The van der Waals surface area contributed by atoms with Crippen molar-refractivity contribution in [2.24, 2.45) is 5.73 Å². The van der Waals surface area contributed by atoms with E-state index in [9.17, 15) is 14.9 Å². The maximum absolute atomic E-state index is 12.7. The van der Waals surface area contributed by atoms with Gasteiger partial charge >= 0.3 is 0 Å². The van der Waals surface area contributed by atoms with E-state index in [2.05, 4.69) is 31.7 Å². The second-order valence-electron chi connectivity index (χ2n) is 9.23. The average Bonchev–Trinajstić information content (AvgIpc) is 3.47. The predicted octanol–water partition coefficient (Wildman–Crippen LogP) is 1.94. The molecular weight excluding hydrogens is 482 g/mol. The van der Waals surface area contributed by atoms with Crippen LogP contribution < -0.4 is 16.0 Å². The van der Waals surface area contributed by atoms with Gasteiger partial charge in [-0.2, -0.15) is 5.26 Å². The van der Waals surface area contributed by atoms with Crippen LogP contribution in [0.25, 0.3) is 0 Å². The quantitative estimate of drug-likeness (QED) is 0.514. The van der Waals surface area contributed by atoms with Crippen LogP contribution in [0.3, 0.4) is 0 Å². The van der Waals surface area contributed by atoms with E-state index >= 15 is 0 Å². The molecule has 3 heterocycles. The first-order valence-corrected chi connectivity index (χ1v) is 12.0. The zero-order valence-corrected chi connectivity index (χ0v) is 20.3. The molecule has 11 nitrogen and oxygen atoms in total. The molecule has 2 unspecified atom stereocenters. The maximum Gasteiger partial charge on any atom is 0.273 e. The number of amides is 2. The fourth-order valence-electron chi connectivity index (χ4n) is 4.56. The van der Waals surface area contributed by atoms with E-state index < -0.39 is 0 Å². The van der Waals surface area contributed by atoms with Gasteiger partial charge in [-0.05, 0) is 49.4 Å². The molecule has 2 aliphatic rings. The second kappa shape index (κ2) is 9.64. The summed E-state index contributed by atoms with van der Waals surface area (Å²) in [6, 6.07) is 6.96. The fourth-order valence-corrected chi connectivity index (χ4v) is 4.74. The summed E-state index contributed by atoms with van der Waals surface area (Å²) in [7, 11) is 0. The van der Waals surface area contributed by atoms with Crippen LogP contribution in [-0.2, 0) is 4.79 Å². The number of carbonyl (C=O) groups excluding carboxylic acids is 2. The molecule has 12 heteroatoms. The lowest BCUT2D eigenvalue weighted by molar-refractivity contribution is -0.117. The number of carbonyl (C=O) groups is 2. The first kappa shape index (κ1) is 23.8. The van der Waals surface area contributed by atoms with E-state index in [1.165, 1.54) is 4.90 Å². The van der Waals surface area contributed by atoms with Crippen LogP contribution in [-0.4, -0.2) is 55.4 Å². The standard InChI is InChI=1S/C24H24ClN9O2/c1-13(16-9-28-24(29-10-16)33-11-18(27)7-22(33)35)34-12-21(31-32-34)23(36)30-19-4-15(5-19)20-6-17(25)3-2-14(20)8-26/h2-3,6,9-10,12-13,15,18-19H,4-5,7,11,27H2,1H3,(H,30,36). The number of anilines is 1. The molecule has 1 saturated carbocycles. The maximum atomic E-state index is 12.7.